The number of hydrogen-bond donors (Lipinski definition) is 1. The highest BCUT2D eigenvalue weighted by Gasteiger charge is 2.16. The van der Waals surface area contributed by atoms with Crippen molar-refractivity contribution < 1.29 is 8.78 Å². The molecule has 23 heavy (non-hydrogen) atoms. The number of nitrogen functional groups attached to an aromatic ring is 1. The molecule has 1 heterocycles. The molecule has 1 aromatic carbocycles. The first-order valence-corrected chi connectivity index (χ1v) is 8.12. The van der Waals surface area contributed by atoms with Gasteiger partial charge in [0.1, 0.15) is 0 Å². The molecule has 2 nitrogen and oxygen atoms in total. The molecule has 0 bridgehead atoms. The number of benzene rings is 1. The third kappa shape index (κ3) is 5.52. The minimum atomic E-state index is -1.20. The van der Waals surface area contributed by atoms with Gasteiger partial charge in [0.2, 0.25) is 0 Å². The number of terminal acetylenes is 1. The molecule has 0 amide bonds. The van der Waals surface area contributed by atoms with Crippen molar-refractivity contribution in [3.05, 3.63) is 35.0 Å². The van der Waals surface area contributed by atoms with Crippen LogP contribution in [-0.4, -0.2) is 4.98 Å². The molecule has 2 N–H and O–H groups in total. The fourth-order valence-electron chi connectivity index (χ4n) is 1.87. The Balaban J connectivity index is 0. The van der Waals surface area contributed by atoms with Crippen molar-refractivity contribution >= 4 is 16.6 Å². The van der Waals surface area contributed by atoms with E-state index in [4.69, 9.17) is 12.2 Å². The van der Waals surface area contributed by atoms with Crippen molar-refractivity contribution in [3.8, 4) is 12.3 Å². The number of halogens is 2. The highest BCUT2D eigenvalue weighted by molar-refractivity contribution is 5.90. The lowest BCUT2D eigenvalue weighted by atomic mass is 10.0. The third-order valence-corrected chi connectivity index (χ3v) is 2.62. The molecule has 0 fully saturated rings. The van der Waals surface area contributed by atoms with E-state index in [0.29, 0.717) is 17.5 Å². The average molecular weight is 322 g/mol. The zero-order valence-electron chi connectivity index (χ0n) is 15.2. The molecule has 0 atom stereocenters. The maximum atomic E-state index is 13.5. The summed E-state index contributed by atoms with van der Waals surface area (Å²) in [5, 5.41) is 0.461. The van der Waals surface area contributed by atoms with Crippen LogP contribution in [0.4, 0.5) is 14.5 Å². The van der Waals surface area contributed by atoms with Crippen LogP contribution in [0.2, 0.25) is 0 Å². The largest absolute Gasteiger partial charge is 0.399 e. The normalized spacial score (nSPS) is 8.52. The van der Waals surface area contributed by atoms with Crippen LogP contribution in [0.15, 0.2) is 12.1 Å². The molecule has 0 aliphatic carbocycles. The SMILES string of the molecule is C#Cc1c(F)c(F)nc2cc(N)cc(CC)c12.CC.CC.CC. The van der Waals surface area contributed by atoms with E-state index in [-0.39, 0.29) is 11.1 Å². The Kier molecular flexibility index (Phi) is 12.5. The maximum Gasteiger partial charge on any atom is 0.250 e. The van der Waals surface area contributed by atoms with Crippen LogP contribution >= 0.6 is 0 Å². The van der Waals surface area contributed by atoms with E-state index in [1.54, 1.807) is 6.07 Å². The topological polar surface area (TPSA) is 38.9 Å². The molecular weight excluding hydrogens is 294 g/mol. The van der Waals surface area contributed by atoms with Gasteiger partial charge in [-0.05, 0) is 24.1 Å². The predicted octanol–water partition coefficient (Wildman–Crippen LogP) is 5.72. The first kappa shape index (κ1) is 23.1. The Hall–Kier alpha value is -2.15. The van der Waals surface area contributed by atoms with E-state index in [9.17, 15) is 8.78 Å². The lowest BCUT2D eigenvalue weighted by molar-refractivity contribution is 0.482. The first-order valence-electron chi connectivity index (χ1n) is 8.12. The highest BCUT2D eigenvalue weighted by Crippen LogP contribution is 2.27. The van der Waals surface area contributed by atoms with Crippen molar-refractivity contribution in [2.75, 3.05) is 5.73 Å². The second-order valence-corrected chi connectivity index (χ2v) is 3.66. The molecule has 2 aromatic rings. The van der Waals surface area contributed by atoms with Crippen LogP contribution in [0.1, 0.15) is 59.6 Å². The van der Waals surface area contributed by atoms with Crippen LogP contribution in [0, 0.1) is 24.1 Å². The van der Waals surface area contributed by atoms with Crippen LogP contribution in [0.3, 0.4) is 0 Å². The number of nitrogens with zero attached hydrogens (tertiary/aromatic N) is 1. The summed E-state index contributed by atoms with van der Waals surface area (Å²) in [5.74, 6) is -0.103. The Morgan fingerprint density at radius 1 is 1.09 bits per heavy atom. The van der Waals surface area contributed by atoms with E-state index in [1.807, 2.05) is 48.5 Å². The number of nitrogens with two attached hydrogens (primary N) is 1. The summed E-state index contributed by atoms with van der Waals surface area (Å²) in [6, 6.07) is 3.18. The van der Waals surface area contributed by atoms with Crippen LogP contribution in [0.5, 0.6) is 0 Å². The van der Waals surface area contributed by atoms with Gasteiger partial charge >= 0.3 is 0 Å². The van der Waals surface area contributed by atoms with Gasteiger partial charge < -0.3 is 5.73 Å². The van der Waals surface area contributed by atoms with Crippen molar-refractivity contribution in [2.24, 2.45) is 0 Å². The van der Waals surface area contributed by atoms with Gasteiger partial charge in [-0.1, -0.05) is 54.4 Å². The number of pyridine rings is 1. The fourth-order valence-corrected chi connectivity index (χ4v) is 1.87. The molecule has 4 heteroatoms. The lowest BCUT2D eigenvalue weighted by Gasteiger charge is -2.09. The molecule has 0 radical (unpaired) electrons. The summed E-state index contributed by atoms with van der Waals surface area (Å²) in [6.45, 7) is 13.9. The van der Waals surface area contributed by atoms with E-state index in [2.05, 4.69) is 10.9 Å². The molecule has 0 saturated carbocycles. The van der Waals surface area contributed by atoms with Gasteiger partial charge in [-0.25, -0.2) is 9.37 Å². The van der Waals surface area contributed by atoms with Gasteiger partial charge in [0.15, 0.2) is 5.82 Å². The zero-order chi connectivity index (χ0) is 18.6. The molecular formula is C19H28F2N2. The molecule has 2 rings (SSSR count). The van der Waals surface area contributed by atoms with Crippen molar-refractivity contribution in [1.82, 2.24) is 4.98 Å². The van der Waals surface area contributed by atoms with Crippen LogP contribution < -0.4 is 5.73 Å². The van der Waals surface area contributed by atoms with Crippen molar-refractivity contribution in [2.45, 2.75) is 54.9 Å². The van der Waals surface area contributed by atoms with E-state index >= 15 is 0 Å². The minimum absolute atomic E-state index is 0.0932. The van der Waals surface area contributed by atoms with E-state index in [1.165, 1.54) is 6.07 Å². The maximum absolute atomic E-state index is 13.5. The van der Waals surface area contributed by atoms with E-state index < -0.39 is 11.8 Å². The van der Waals surface area contributed by atoms with Crippen molar-refractivity contribution in [1.29, 1.82) is 0 Å². The van der Waals surface area contributed by atoms with Gasteiger partial charge in [-0.2, -0.15) is 4.39 Å². The Morgan fingerprint density at radius 3 is 2.04 bits per heavy atom. The number of aryl methyl sites for hydroxylation is 1. The highest BCUT2D eigenvalue weighted by atomic mass is 19.2. The molecule has 0 unspecified atom stereocenters. The van der Waals surface area contributed by atoms with Gasteiger partial charge in [0.05, 0.1) is 11.1 Å². The Labute approximate surface area is 139 Å². The summed E-state index contributed by atoms with van der Waals surface area (Å²) in [7, 11) is 0. The number of anilines is 1. The fraction of sp³-hybridized carbons (Fsp3) is 0.421. The summed E-state index contributed by atoms with van der Waals surface area (Å²) < 4.78 is 26.8. The number of aromatic nitrogens is 1. The lowest BCUT2D eigenvalue weighted by Crippen LogP contribution is -2.00. The van der Waals surface area contributed by atoms with Crippen LogP contribution in [0.25, 0.3) is 10.9 Å². The Bertz CT molecular complexity index is 644. The average Bonchev–Trinajstić information content (AvgIpc) is 2.61. The smallest absolute Gasteiger partial charge is 0.250 e. The number of rotatable bonds is 1. The van der Waals surface area contributed by atoms with Crippen molar-refractivity contribution in [3.63, 3.8) is 0 Å². The van der Waals surface area contributed by atoms with Gasteiger partial charge in [-0.3, -0.25) is 0 Å². The Morgan fingerprint density at radius 2 is 1.61 bits per heavy atom. The molecule has 1 aromatic heterocycles. The second-order valence-electron chi connectivity index (χ2n) is 3.66. The quantitative estimate of drug-likeness (QED) is 0.414. The van der Waals surface area contributed by atoms with Crippen LogP contribution in [-0.2, 0) is 6.42 Å². The monoisotopic (exact) mass is 322 g/mol. The molecule has 0 saturated heterocycles. The first-order chi connectivity index (χ1) is 11.1. The number of hydrogen-bond acceptors (Lipinski definition) is 2. The minimum Gasteiger partial charge on any atom is -0.399 e. The summed E-state index contributed by atoms with van der Waals surface area (Å²) in [5.41, 5.74) is 7.08. The molecule has 0 aliphatic rings. The summed E-state index contributed by atoms with van der Waals surface area (Å²) >= 11 is 0. The summed E-state index contributed by atoms with van der Waals surface area (Å²) in [6.07, 6.45) is 5.85. The molecule has 0 spiro atoms. The number of fused-ring (bicyclic) bond motifs is 1. The zero-order valence-corrected chi connectivity index (χ0v) is 15.2. The van der Waals surface area contributed by atoms with Gasteiger partial charge in [0.25, 0.3) is 5.95 Å². The van der Waals surface area contributed by atoms with Gasteiger partial charge in [0, 0.05) is 11.1 Å². The molecule has 128 valence electrons. The second kappa shape index (κ2) is 12.4. The van der Waals surface area contributed by atoms with E-state index in [0.717, 1.165) is 5.56 Å². The van der Waals surface area contributed by atoms with Gasteiger partial charge in [-0.15, -0.1) is 6.42 Å². The standard InChI is InChI=1S/C13H10F2N2.3C2H6/c1-3-7-5-8(16)6-10-11(7)9(4-2)12(14)13(15)17-10;3*1-2/h2,5-6H,3,16H2,1H3;3*1-2H3. The third-order valence-electron chi connectivity index (χ3n) is 2.62. The molecule has 0 aliphatic heterocycles. The predicted molar refractivity (Wildman–Crippen MR) is 97.4 cm³/mol. The summed E-state index contributed by atoms with van der Waals surface area (Å²) in [4.78, 5) is 3.54.